The lowest BCUT2D eigenvalue weighted by Gasteiger charge is -2.46. The van der Waals surface area contributed by atoms with Gasteiger partial charge in [0.15, 0.2) is 0 Å². The van der Waals surface area contributed by atoms with Crippen LogP contribution in [0, 0.1) is 0 Å². The number of ether oxygens (including phenoxy) is 3. The van der Waals surface area contributed by atoms with Crippen LogP contribution < -0.4 is 0 Å². The molecule has 0 amide bonds. The number of fused-ring (bicyclic) bond motifs is 1. The predicted molar refractivity (Wildman–Crippen MR) is 112 cm³/mol. The van der Waals surface area contributed by atoms with E-state index in [4.69, 9.17) is 14.2 Å². The van der Waals surface area contributed by atoms with Gasteiger partial charge < -0.3 is 19.2 Å². The largest absolute Gasteiger partial charge is 0.376 e. The number of aromatic nitrogens is 1. The number of piperidine rings is 1. The second kappa shape index (κ2) is 8.95. The Morgan fingerprint density at radius 2 is 2.07 bits per heavy atom. The van der Waals surface area contributed by atoms with Gasteiger partial charge in [0, 0.05) is 44.4 Å². The van der Waals surface area contributed by atoms with Crippen LogP contribution in [-0.4, -0.2) is 60.6 Å². The molecular weight excluding hydrogens is 352 g/mol. The highest BCUT2D eigenvalue weighted by atomic mass is 16.5. The topological polar surface area (TPSA) is 46.7 Å². The highest BCUT2D eigenvalue weighted by Gasteiger charge is 2.40. The quantitative estimate of drug-likeness (QED) is 0.727. The molecule has 1 aromatic heterocycles. The van der Waals surface area contributed by atoms with Gasteiger partial charge in [-0.1, -0.05) is 12.1 Å². The molecule has 2 aliphatic heterocycles. The fourth-order valence-electron chi connectivity index (χ4n) is 4.54. The second-order valence-corrected chi connectivity index (χ2v) is 8.61. The third-order valence-corrected chi connectivity index (χ3v) is 6.13. The second-order valence-electron chi connectivity index (χ2n) is 8.61. The summed E-state index contributed by atoms with van der Waals surface area (Å²) in [6.45, 7) is 9.50. The standard InChI is InChI=1S/C23H34N2O3/c1-18(2)26-13-14-27-21-6-12-28-23(16-21)7-10-25(11-8-23)17-19-3-4-20-5-9-24-22(20)15-19/h3-5,9,15,18,21,24H,6-8,10-14,16-17H2,1-2H3. The maximum atomic E-state index is 6.28. The Labute approximate surface area is 168 Å². The van der Waals surface area contributed by atoms with Crippen LogP contribution >= 0.6 is 0 Å². The van der Waals surface area contributed by atoms with E-state index in [1.54, 1.807) is 0 Å². The minimum absolute atomic E-state index is 0.0156. The number of nitrogens with one attached hydrogen (secondary N) is 1. The lowest BCUT2D eigenvalue weighted by atomic mass is 9.83. The molecule has 154 valence electrons. The molecule has 5 nitrogen and oxygen atoms in total. The van der Waals surface area contributed by atoms with E-state index < -0.39 is 0 Å². The zero-order chi connectivity index (χ0) is 19.4. The van der Waals surface area contributed by atoms with E-state index in [0.29, 0.717) is 19.3 Å². The van der Waals surface area contributed by atoms with Gasteiger partial charge in [-0.05, 0) is 56.2 Å². The minimum Gasteiger partial charge on any atom is -0.376 e. The molecule has 0 bridgehead atoms. The van der Waals surface area contributed by atoms with Gasteiger partial charge >= 0.3 is 0 Å². The van der Waals surface area contributed by atoms with Crippen LogP contribution in [-0.2, 0) is 20.8 Å². The minimum atomic E-state index is 0.0156. The number of rotatable bonds is 7. The van der Waals surface area contributed by atoms with Crippen molar-refractivity contribution < 1.29 is 14.2 Å². The summed E-state index contributed by atoms with van der Waals surface area (Å²) in [5, 5.41) is 1.28. The first-order valence-corrected chi connectivity index (χ1v) is 10.8. The molecule has 1 spiro atoms. The van der Waals surface area contributed by atoms with Gasteiger partial charge in [-0.3, -0.25) is 4.90 Å². The van der Waals surface area contributed by atoms with Crippen molar-refractivity contribution in [2.24, 2.45) is 0 Å². The number of nitrogens with zero attached hydrogens (tertiary/aromatic N) is 1. The van der Waals surface area contributed by atoms with Gasteiger partial charge in [0.05, 0.1) is 31.0 Å². The Morgan fingerprint density at radius 3 is 2.89 bits per heavy atom. The number of H-pyrrole nitrogens is 1. The lowest BCUT2D eigenvalue weighted by molar-refractivity contribution is -0.159. The van der Waals surface area contributed by atoms with Gasteiger partial charge in [-0.15, -0.1) is 0 Å². The van der Waals surface area contributed by atoms with Crippen LogP contribution in [0.25, 0.3) is 10.9 Å². The Kier molecular flexibility index (Phi) is 6.36. The lowest BCUT2D eigenvalue weighted by Crippen LogP contribution is -2.50. The molecule has 1 atom stereocenters. The molecular formula is C23H34N2O3. The van der Waals surface area contributed by atoms with Crippen molar-refractivity contribution in [2.45, 2.75) is 63.9 Å². The Balaban J connectivity index is 1.25. The van der Waals surface area contributed by atoms with Gasteiger partial charge in [-0.25, -0.2) is 0 Å². The van der Waals surface area contributed by atoms with E-state index in [2.05, 4.69) is 48.0 Å². The fraction of sp³-hybridized carbons (Fsp3) is 0.652. The molecule has 0 saturated carbocycles. The summed E-state index contributed by atoms with van der Waals surface area (Å²) in [6, 6.07) is 8.86. The Hall–Kier alpha value is -1.40. The normalized spacial score (nSPS) is 23.0. The van der Waals surface area contributed by atoms with E-state index >= 15 is 0 Å². The number of benzene rings is 1. The Morgan fingerprint density at radius 1 is 1.21 bits per heavy atom. The first-order valence-electron chi connectivity index (χ1n) is 10.8. The summed E-state index contributed by atoms with van der Waals surface area (Å²) in [5.41, 5.74) is 2.62. The monoisotopic (exact) mass is 386 g/mol. The molecule has 3 heterocycles. The molecule has 5 heteroatoms. The first-order chi connectivity index (χ1) is 13.6. The third kappa shape index (κ3) is 4.95. The summed E-state index contributed by atoms with van der Waals surface area (Å²) in [6.07, 6.45) is 6.81. The van der Waals surface area contributed by atoms with Crippen molar-refractivity contribution in [2.75, 3.05) is 32.9 Å². The van der Waals surface area contributed by atoms with Crippen LogP contribution in [0.3, 0.4) is 0 Å². The molecule has 1 unspecified atom stereocenters. The molecule has 2 saturated heterocycles. The van der Waals surface area contributed by atoms with Gasteiger partial charge in [0.1, 0.15) is 0 Å². The Bertz CT molecular complexity index is 749. The first kappa shape index (κ1) is 19.9. The van der Waals surface area contributed by atoms with E-state index in [1.807, 2.05) is 6.20 Å². The fourth-order valence-corrected chi connectivity index (χ4v) is 4.54. The van der Waals surface area contributed by atoms with Crippen LogP contribution in [0.15, 0.2) is 30.5 Å². The highest BCUT2D eigenvalue weighted by molar-refractivity contribution is 5.79. The van der Waals surface area contributed by atoms with Crippen molar-refractivity contribution in [3.8, 4) is 0 Å². The molecule has 0 radical (unpaired) electrons. The molecule has 1 N–H and O–H groups in total. The molecule has 0 aliphatic carbocycles. The van der Waals surface area contributed by atoms with E-state index in [0.717, 1.165) is 51.9 Å². The zero-order valence-corrected chi connectivity index (χ0v) is 17.3. The van der Waals surface area contributed by atoms with Crippen LogP contribution in [0.2, 0.25) is 0 Å². The van der Waals surface area contributed by atoms with Crippen molar-refractivity contribution in [3.05, 3.63) is 36.0 Å². The maximum Gasteiger partial charge on any atom is 0.0731 e. The summed E-state index contributed by atoms with van der Waals surface area (Å²) in [5.74, 6) is 0. The number of hydrogen-bond donors (Lipinski definition) is 1. The molecule has 2 fully saturated rings. The summed E-state index contributed by atoms with van der Waals surface area (Å²) < 4.78 is 18.0. The predicted octanol–water partition coefficient (Wildman–Crippen LogP) is 4.12. The van der Waals surface area contributed by atoms with Crippen molar-refractivity contribution >= 4 is 10.9 Å². The molecule has 28 heavy (non-hydrogen) atoms. The average Bonchev–Trinajstić information content (AvgIpc) is 3.15. The van der Waals surface area contributed by atoms with E-state index in [1.165, 1.54) is 16.5 Å². The number of likely N-dealkylation sites (tertiary alicyclic amines) is 1. The van der Waals surface area contributed by atoms with Crippen LogP contribution in [0.5, 0.6) is 0 Å². The summed E-state index contributed by atoms with van der Waals surface area (Å²) in [7, 11) is 0. The van der Waals surface area contributed by atoms with E-state index in [-0.39, 0.29) is 11.7 Å². The molecule has 1 aromatic carbocycles. The van der Waals surface area contributed by atoms with Crippen molar-refractivity contribution in [1.29, 1.82) is 0 Å². The third-order valence-electron chi connectivity index (χ3n) is 6.13. The molecule has 2 aliphatic rings. The van der Waals surface area contributed by atoms with Crippen LogP contribution in [0.4, 0.5) is 0 Å². The number of hydrogen-bond acceptors (Lipinski definition) is 4. The summed E-state index contributed by atoms with van der Waals surface area (Å²) >= 11 is 0. The smallest absolute Gasteiger partial charge is 0.0731 e. The van der Waals surface area contributed by atoms with Crippen LogP contribution in [0.1, 0.15) is 45.1 Å². The maximum absolute atomic E-state index is 6.28. The number of aromatic amines is 1. The van der Waals surface area contributed by atoms with Crippen molar-refractivity contribution in [1.82, 2.24) is 9.88 Å². The molecule has 2 aromatic rings. The SMILES string of the molecule is CC(C)OCCOC1CCOC2(CCN(Cc3ccc4cc[nH]c4c3)CC2)C1. The zero-order valence-electron chi connectivity index (χ0n) is 17.3. The van der Waals surface area contributed by atoms with Crippen molar-refractivity contribution in [3.63, 3.8) is 0 Å². The molecule has 4 rings (SSSR count). The average molecular weight is 387 g/mol. The highest BCUT2D eigenvalue weighted by Crippen LogP contribution is 2.36. The summed E-state index contributed by atoms with van der Waals surface area (Å²) in [4.78, 5) is 5.87. The van der Waals surface area contributed by atoms with Gasteiger partial charge in [0.25, 0.3) is 0 Å². The van der Waals surface area contributed by atoms with E-state index in [9.17, 15) is 0 Å². The van der Waals surface area contributed by atoms with Gasteiger partial charge in [0.2, 0.25) is 0 Å². The van der Waals surface area contributed by atoms with Gasteiger partial charge in [-0.2, -0.15) is 0 Å².